The van der Waals surface area contributed by atoms with Crippen molar-refractivity contribution in [3.8, 4) is 5.88 Å². The van der Waals surface area contributed by atoms with Crippen LogP contribution in [0.3, 0.4) is 0 Å². The second kappa shape index (κ2) is 7.06. The van der Waals surface area contributed by atoms with Crippen molar-refractivity contribution in [2.24, 2.45) is 0 Å². The molecule has 0 bridgehead atoms. The molecule has 0 radical (unpaired) electrons. The van der Waals surface area contributed by atoms with Crippen LogP contribution < -0.4 is 10.1 Å². The van der Waals surface area contributed by atoms with Crippen LogP contribution in [0.5, 0.6) is 5.88 Å². The molecule has 0 aliphatic heterocycles. The molecule has 1 N–H and O–H groups in total. The predicted octanol–water partition coefficient (Wildman–Crippen LogP) is 1.45. The van der Waals surface area contributed by atoms with E-state index < -0.39 is 0 Å². The Morgan fingerprint density at radius 3 is 2.82 bits per heavy atom. The quantitative estimate of drug-likeness (QED) is 0.778. The minimum Gasteiger partial charge on any atom is -0.472 e. The Morgan fingerprint density at radius 1 is 1.41 bits per heavy atom. The number of aryl methyl sites for hydroxylation is 1. The molecule has 1 amide bonds. The van der Waals surface area contributed by atoms with Crippen molar-refractivity contribution in [3.05, 3.63) is 23.9 Å². The largest absolute Gasteiger partial charge is 0.472 e. The summed E-state index contributed by atoms with van der Waals surface area (Å²) < 4.78 is 11.8. The highest BCUT2D eigenvalue weighted by atomic mass is 16.6. The molecule has 1 atom stereocenters. The van der Waals surface area contributed by atoms with Crippen molar-refractivity contribution in [2.75, 3.05) is 13.2 Å². The molecule has 2 rings (SSSR count). The van der Waals surface area contributed by atoms with Crippen molar-refractivity contribution in [1.82, 2.24) is 25.2 Å². The van der Waals surface area contributed by atoms with Crippen molar-refractivity contribution >= 4 is 5.91 Å². The summed E-state index contributed by atoms with van der Waals surface area (Å²) in [6.07, 6.45) is 3.53. The average molecular weight is 307 g/mol. The molecule has 0 saturated heterocycles. The van der Waals surface area contributed by atoms with Gasteiger partial charge in [-0.1, -0.05) is 19.0 Å². The summed E-state index contributed by atoms with van der Waals surface area (Å²) in [5, 5.41) is 10.0. The first-order valence-corrected chi connectivity index (χ1v) is 7.23. The fourth-order valence-corrected chi connectivity index (χ4v) is 2.05. The molecule has 0 aliphatic carbocycles. The van der Waals surface area contributed by atoms with Crippen LogP contribution in [0.25, 0.3) is 0 Å². The third-order valence-electron chi connectivity index (χ3n) is 3.26. The number of hydrogen-bond acceptors (Lipinski definition) is 6. The molecule has 2 aromatic heterocycles. The Balaban J connectivity index is 1.82. The molecule has 1 unspecified atom stereocenters. The van der Waals surface area contributed by atoms with E-state index in [0.29, 0.717) is 24.7 Å². The van der Waals surface area contributed by atoms with Gasteiger partial charge in [0.1, 0.15) is 24.2 Å². The van der Waals surface area contributed by atoms with Gasteiger partial charge in [0.15, 0.2) is 0 Å². The van der Waals surface area contributed by atoms with Crippen molar-refractivity contribution < 1.29 is 14.2 Å². The number of ether oxygens (including phenoxy) is 1. The number of aromatic nitrogens is 4. The molecule has 8 heteroatoms. The van der Waals surface area contributed by atoms with Gasteiger partial charge in [0.2, 0.25) is 5.91 Å². The summed E-state index contributed by atoms with van der Waals surface area (Å²) in [5.74, 6) is 1.41. The second-order valence-electron chi connectivity index (χ2n) is 5.32. The number of imidazole rings is 1. The Hall–Kier alpha value is -2.38. The van der Waals surface area contributed by atoms with Crippen LogP contribution in [0.1, 0.15) is 44.2 Å². The van der Waals surface area contributed by atoms with Gasteiger partial charge in [0.05, 0.1) is 6.54 Å². The maximum atomic E-state index is 12.2. The lowest BCUT2D eigenvalue weighted by Gasteiger charge is -2.17. The van der Waals surface area contributed by atoms with Crippen molar-refractivity contribution in [2.45, 2.75) is 39.7 Å². The fourth-order valence-electron chi connectivity index (χ4n) is 2.05. The monoisotopic (exact) mass is 307 g/mol. The van der Waals surface area contributed by atoms with Gasteiger partial charge in [0, 0.05) is 18.3 Å². The van der Waals surface area contributed by atoms with Crippen LogP contribution in [0.2, 0.25) is 0 Å². The molecule has 2 aromatic rings. The first kappa shape index (κ1) is 16.0. The summed E-state index contributed by atoms with van der Waals surface area (Å²) in [7, 11) is 0. The van der Waals surface area contributed by atoms with E-state index in [9.17, 15) is 4.79 Å². The van der Waals surface area contributed by atoms with Gasteiger partial charge in [-0.05, 0) is 19.0 Å². The van der Waals surface area contributed by atoms with E-state index in [4.69, 9.17) is 4.74 Å². The number of carbonyl (C=O) groups is 1. The van der Waals surface area contributed by atoms with Gasteiger partial charge in [-0.2, -0.15) is 0 Å². The molecule has 120 valence electrons. The van der Waals surface area contributed by atoms with Gasteiger partial charge >= 0.3 is 0 Å². The second-order valence-corrected chi connectivity index (χ2v) is 5.32. The van der Waals surface area contributed by atoms with E-state index in [1.54, 1.807) is 13.1 Å². The molecule has 0 saturated carbocycles. The van der Waals surface area contributed by atoms with Gasteiger partial charge in [0.25, 0.3) is 5.88 Å². The number of nitrogens with zero attached hydrogens (tertiary/aromatic N) is 4. The molecule has 0 spiro atoms. The normalized spacial score (nSPS) is 12.4. The maximum Gasteiger partial charge on any atom is 0.278 e. The number of carbonyl (C=O) groups excluding carboxylic acids is 1. The summed E-state index contributed by atoms with van der Waals surface area (Å²) in [6.45, 7) is 8.35. The molecular weight excluding hydrogens is 286 g/mol. The van der Waals surface area contributed by atoms with Crippen LogP contribution in [-0.4, -0.2) is 38.9 Å². The molecule has 0 aliphatic rings. The number of hydrogen-bond donors (Lipinski definition) is 1. The zero-order chi connectivity index (χ0) is 16.1. The van der Waals surface area contributed by atoms with Crippen LogP contribution in [0.4, 0.5) is 0 Å². The molecule has 22 heavy (non-hydrogen) atoms. The maximum absolute atomic E-state index is 12.2. The highest BCUT2D eigenvalue weighted by molar-refractivity contribution is 5.79. The van der Waals surface area contributed by atoms with E-state index in [1.165, 1.54) is 0 Å². The fraction of sp³-hybridized carbons (Fsp3) is 0.571. The summed E-state index contributed by atoms with van der Waals surface area (Å²) in [6, 6.07) is -0.324. The van der Waals surface area contributed by atoms with Gasteiger partial charge in [-0.3, -0.25) is 4.79 Å². The molecule has 0 fully saturated rings. The average Bonchev–Trinajstić information content (AvgIpc) is 3.11. The van der Waals surface area contributed by atoms with Gasteiger partial charge < -0.3 is 14.6 Å². The summed E-state index contributed by atoms with van der Waals surface area (Å²) in [4.78, 5) is 16.5. The van der Waals surface area contributed by atoms with E-state index in [2.05, 4.69) is 25.2 Å². The molecule has 2 heterocycles. The lowest BCUT2D eigenvalue weighted by atomic mass is 10.2. The lowest BCUT2D eigenvalue weighted by molar-refractivity contribution is -0.124. The SMILES string of the molecule is Cc1nonc1OCCNC(=O)C(C)n1ccnc1C(C)C. The standard InChI is InChI=1S/C14H21N5O3/c1-9(2)12-15-5-7-19(12)11(4)13(20)16-6-8-21-14-10(3)17-22-18-14/h5,7,9,11H,6,8H2,1-4H3,(H,16,20). The highest BCUT2D eigenvalue weighted by Gasteiger charge is 2.18. The topological polar surface area (TPSA) is 95.1 Å². The summed E-state index contributed by atoms with van der Waals surface area (Å²) >= 11 is 0. The van der Waals surface area contributed by atoms with E-state index in [-0.39, 0.29) is 17.9 Å². The Morgan fingerprint density at radius 2 is 2.18 bits per heavy atom. The van der Waals surface area contributed by atoms with Gasteiger partial charge in [-0.15, -0.1) is 0 Å². The zero-order valence-corrected chi connectivity index (χ0v) is 13.2. The number of amides is 1. The smallest absolute Gasteiger partial charge is 0.278 e. The molecule has 8 nitrogen and oxygen atoms in total. The predicted molar refractivity (Wildman–Crippen MR) is 78.6 cm³/mol. The summed E-state index contributed by atoms with van der Waals surface area (Å²) in [5.41, 5.74) is 0.583. The Labute approximate surface area is 128 Å². The van der Waals surface area contributed by atoms with Crippen LogP contribution in [0, 0.1) is 6.92 Å². The molecule has 0 aromatic carbocycles. The number of nitrogens with one attached hydrogen (secondary N) is 1. The zero-order valence-electron chi connectivity index (χ0n) is 13.2. The third-order valence-corrected chi connectivity index (χ3v) is 3.26. The van der Waals surface area contributed by atoms with E-state index >= 15 is 0 Å². The Kier molecular flexibility index (Phi) is 5.13. The van der Waals surface area contributed by atoms with Crippen molar-refractivity contribution in [3.63, 3.8) is 0 Å². The molecular formula is C14H21N5O3. The highest BCUT2D eigenvalue weighted by Crippen LogP contribution is 2.17. The Bertz CT molecular complexity index is 620. The first-order valence-electron chi connectivity index (χ1n) is 7.23. The number of rotatable bonds is 7. The van der Waals surface area contributed by atoms with Crippen LogP contribution >= 0.6 is 0 Å². The third kappa shape index (κ3) is 3.63. The lowest BCUT2D eigenvalue weighted by Crippen LogP contribution is -2.34. The first-order chi connectivity index (χ1) is 10.5. The minimum atomic E-state index is -0.324. The van der Waals surface area contributed by atoms with Crippen LogP contribution in [-0.2, 0) is 4.79 Å². The van der Waals surface area contributed by atoms with Crippen LogP contribution in [0.15, 0.2) is 17.0 Å². The van der Waals surface area contributed by atoms with E-state index in [0.717, 1.165) is 5.82 Å². The minimum absolute atomic E-state index is 0.0847. The van der Waals surface area contributed by atoms with Gasteiger partial charge in [-0.25, -0.2) is 9.61 Å². The van der Waals surface area contributed by atoms with Crippen molar-refractivity contribution in [1.29, 1.82) is 0 Å². The van der Waals surface area contributed by atoms with E-state index in [1.807, 2.05) is 31.5 Å².